The van der Waals surface area contributed by atoms with Crippen molar-refractivity contribution in [2.75, 3.05) is 12.8 Å². The summed E-state index contributed by atoms with van der Waals surface area (Å²) in [7, 11) is 1.56. The summed E-state index contributed by atoms with van der Waals surface area (Å²) in [6.07, 6.45) is 3.86. The Labute approximate surface area is 145 Å². The Kier molecular flexibility index (Phi) is 4.45. The first-order valence-corrected chi connectivity index (χ1v) is 8.88. The minimum Gasteiger partial charge on any atom is -0.310 e. The fourth-order valence-corrected chi connectivity index (χ4v) is 3.98. The molecule has 0 unspecified atom stereocenters. The number of carbonyl (C=O) groups excluding carboxylic acids is 3. The van der Waals surface area contributed by atoms with Crippen LogP contribution in [0.25, 0.3) is 0 Å². The topological polar surface area (TPSA) is 54.5 Å². The molecule has 124 valence electrons. The summed E-state index contributed by atoms with van der Waals surface area (Å²) < 4.78 is 0. The van der Waals surface area contributed by atoms with Crippen LogP contribution in [0.15, 0.2) is 40.5 Å². The maximum absolute atomic E-state index is 12.9. The van der Waals surface area contributed by atoms with Gasteiger partial charge in [0.05, 0.1) is 10.7 Å². The van der Waals surface area contributed by atoms with Crippen molar-refractivity contribution in [3.8, 4) is 0 Å². The van der Waals surface area contributed by atoms with Gasteiger partial charge in [0.1, 0.15) is 5.70 Å². The van der Waals surface area contributed by atoms with Crippen molar-refractivity contribution in [1.29, 1.82) is 0 Å². The van der Waals surface area contributed by atoms with Crippen molar-refractivity contribution in [3.05, 3.63) is 57.1 Å². The molecular weight excluding hydrogens is 322 g/mol. The summed E-state index contributed by atoms with van der Waals surface area (Å²) in [6.45, 7) is 4.10. The van der Waals surface area contributed by atoms with Gasteiger partial charge in [-0.15, -0.1) is 11.8 Å². The van der Waals surface area contributed by atoms with Crippen LogP contribution < -0.4 is 0 Å². The molecule has 3 rings (SSSR count). The highest BCUT2D eigenvalue weighted by atomic mass is 32.2. The molecule has 0 atom stereocenters. The third-order valence-electron chi connectivity index (χ3n) is 4.24. The lowest BCUT2D eigenvalue weighted by Crippen LogP contribution is -2.39. The van der Waals surface area contributed by atoms with Crippen LogP contribution in [0.3, 0.4) is 0 Å². The summed E-state index contributed by atoms with van der Waals surface area (Å²) in [5.74, 6) is -0.334. The van der Waals surface area contributed by atoms with Gasteiger partial charge in [-0.3, -0.25) is 14.4 Å². The Morgan fingerprint density at radius 2 is 1.92 bits per heavy atom. The number of aryl methyl sites for hydroxylation is 1. The number of hydrogen-bond acceptors (Lipinski definition) is 4. The molecule has 0 radical (unpaired) electrons. The predicted octanol–water partition coefficient (Wildman–Crippen LogP) is 3.38. The van der Waals surface area contributed by atoms with Crippen molar-refractivity contribution >= 4 is 29.2 Å². The fourth-order valence-electron chi connectivity index (χ4n) is 2.91. The lowest BCUT2D eigenvalue weighted by atomic mass is 9.89. The zero-order chi connectivity index (χ0) is 17.4. The summed E-state index contributed by atoms with van der Waals surface area (Å²) >= 11 is 1.17. The van der Waals surface area contributed by atoms with Gasteiger partial charge in [-0.1, -0.05) is 17.7 Å². The van der Waals surface area contributed by atoms with Crippen LogP contribution in [0.5, 0.6) is 0 Å². The molecule has 1 aliphatic carbocycles. The van der Waals surface area contributed by atoms with Gasteiger partial charge < -0.3 is 4.90 Å². The summed E-state index contributed by atoms with van der Waals surface area (Å²) in [5.41, 5.74) is 3.37. The zero-order valence-corrected chi connectivity index (χ0v) is 14.8. The Balaban J connectivity index is 1.97. The SMILES string of the molecule is CC(C)=CCCc1ccc2c(c1)C(=O)C1=C(SCC(=O)N1C)C2=O. The van der Waals surface area contributed by atoms with E-state index >= 15 is 0 Å². The minimum absolute atomic E-state index is 0.150. The fraction of sp³-hybridized carbons (Fsp3) is 0.316. The molecular formula is C19H19NO3S. The maximum Gasteiger partial charge on any atom is 0.237 e. The number of rotatable bonds is 3. The molecule has 0 bridgehead atoms. The molecule has 0 N–H and O–H groups in total. The smallest absolute Gasteiger partial charge is 0.237 e. The molecule has 1 aliphatic heterocycles. The van der Waals surface area contributed by atoms with Gasteiger partial charge in [-0.2, -0.15) is 0 Å². The normalized spacial score (nSPS) is 17.0. The minimum atomic E-state index is -0.230. The number of nitrogens with zero attached hydrogens (tertiary/aromatic N) is 1. The van der Waals surface area contributed by atoms with E-state index < -0.39 is 0 Å². The highest BCUT2D eigenvalue weighted by molar-refractivity contribution is 8.04. The predicted molar refractivity (Wildman–Crippen MR) is 95.1 cm³/mol. The van der Waals surface area contributed by atoms with Gasteiger partial charge in [0.2, 0.25) is 17.5 Å². The molecule has 0 aromatic heterocycles. The average Bonchev–Trinajstić information content (AvgIpc) is 2.54. The molecule has 5 heteroatoms. The highest BCUT2D eigenvalue weighted by Gasteiger charge is 2.39. The van der Waals surface area contributed by atoms with Gasteiger partial charge in [-0.25, -0.2) is 0 Å². The van der Waals surface area contributed by atoms with E-state index in [1.54, 1.807) is 19.2 Å². The second kappa shape index (κ2) is 6.40. The number of fused-ring (bicyclic) bond motifs is 1. The van der Waals surface area contributed by atoms with Gasteiger partial charge in [0, 0.05) is 18.2 Å². The zero-order valence-electron chi connectivity index (χ0n) is 14.0. The lowest BCUT2D eigenvalue weighted by molar-refractivity contribution is -0.125. The van der Waals surface area contributed by atoms with Gasteiger partial charge in [-0.05, 0) is 44.4 Å². The largest absolute Gasteiger partial charge is 0.310 e. The van der Waals surface area contributed by atoms with Crippen molar-refractivity contribution < 1.29 is 14.4 Å². The summed E-state index contributed by atoms with van der Waals surface area (Å²) in [4.78, 5) is 39.1. The van der Waals surface area contributed by atoms with Crippen LogP contribution in [-0.2, 0) is 11.2 Å². The molecule has 0 saturated heterocycles. The molecule has 0 spiro atoms. The first kappa shape index (κ1) is 16.7. The quantitative estimate of drug-likeness (QED) is 0.791. The van der Waals surface area contributed by atoms with Crippen molar-refractivity contribution in [1.82, 2.24) is 4.90 Å². The number of Topliss-reactive ketones (excluding diaryl/α,β-unsaturated/α-hetero) is 2. The van der Waals surface area contributed by atoms with Gasteiger partial charge in [0.25, 0.3) is 0 Å². The van der Waals surface area contributed by atoms with Crippen LogP contribution >= 0.6 is 11.8 Å². The first-order valence-electron chi connectivity index (χ1n) is 7.89. The lowest BCUT2D eigenvalue weighted by Gasteiger charge is -2.30. The second-order valence-corrected chi connectivity index (χ2v) is 7.26. The monoisotopic (exact) mass is 341 g/mol. The average molecular weight is 341 g/mol. The van der Waals surface area contributed by atoms with Crippen molar-refractivity contribution in [3.63, 3.8) is 0 Å². The Morgan fingerprint density at radius 3 is 2.62 bits per heavy atom. The van der Waals surface area contributed by atoms with E-state index in [1.165, 1.54) is 22.2 Å². The Morgan fingerprint density at radius 1 is 1.17 bits per heavy atom. The molecule has 0 fully saturated rings. The van der Waals surface area contributed by atoms with Crippen molar-refractivity contribution in [2.45, 2.75) is 26.7 Å². The first-order chi connectivity index (χ1) is 11.4. The number of thioether (sulfide) groups is 1. The molecule has 4 nitrogen and oxygen atoms in total. The second-order valence-electron chi connectivity index (χ2n) is 6.28. The Bertz CT molecular complexity index is 816. The van der Waals surface area contributed by atoms with Crippen LogP contribution in [-0.4, -0.2) is 35.2 Å². The number of amides is 1. The number of allylic oxidation sites excluding steroid dienone is 4. The van der Waals surface area contributed by atoms with E-state index in [1.807, 2.05) is 6.07 Å². The molecule has 2 aliphatic rings. The van der Waals surface area contributed by atoms with E-state index in [4.69, 9.17) is 0 Å². The van der Waals surface area contributed by atoms with Gasteiger partial charge in [0.15, 0.2) is 0 Å². The molecule has 24 heavy (non-hydrogen) atoms. The molecule has 1 aromatic carbocycles. The van der Waals surface area contributed by atoms with Gasteiger partial charge >= 0.3 is 0 Å². The van der Waals surface area contributed by atoms with Crippen LogP contribution in [0.4, 0.5) is 0 Å². The van der Waals surface area contributed by atoms with Crippen molar-refractivity contribution in [2.24, 2.45) is 0 Å². The molecule has 1 amide bonds. The molecule has 1 aromatic rings. The summed E-state index contributed by atoms with van der Waals surface area (Å²) in [5, 5.41) is 0. The number of hydrogen-bond donors (Lipinski definition) is 0. The molecule has 1 heterocycles. The van der Waals surface area contributed by atoms with E-state index in [0.717, 1.165) is 18.4 Å². The summed E-state index contributed by atoms with van der Waals surface area (Å²) in [6, 6.07) is 5.46. The Hall–Kier alpha value is -2.14. The third kappa shape index (κ3) is 2.84. The van der Waals surface area contributed by atoms with Crippen LogP contribution in [0.2, 0.25) is 0 Å². The molecule has 0 saturated carbocycles. The standard InChI is InChI=1S/C19H19NO3S/c1-11(2)5-4-6-12-7-8-13-14(9-12)17(22)16-19(18(13)23)24-10-15(21)20(16)3/h5,7-9H,4,6,10H2,1-3H3. The number of carbonyl (C=O) groups is 3. The maximum atomic E-state index is 12.9. The number of benzene rings is 1. The van der Waals surface area contributed by atoms with E-state index in [-0.39, 0.29) is 28.9 Å². The van der Waals surface area contributed by atoms with Crippen LogP contribution in [0, 0.1) is 0 Å². The van der Waals surface area contributed by atoms with E-state index in [2.05, 4.69) is 19.9 Å². The third-order valence-corrected chi connectivity index (χ3v) is 5.30. The number of ketones is 2. The van der Waals surface area contributed by atoms with E-state index in [0.29, 0.717) is 16.0 Å². The van der Waals surface area contributed by atoms with E-state index in [9.17, 15) is 14.4 Å². The number of likely N-dealkylation sites (N-methyl/N-ethyl adjacent to an activating group) is 1. The van der Waals surface area contributed by atoms with Crippen LogP contribution in [0.1, 0.15) is 46.5 Å². The highest BCUT2D eigenvalue weighted by Crippen LogP contribution is 2.37.